The van der Waals surface area contributed by atoms with Crippen molar-refractivity contribution < 1.29 is 18.8 Å². The first kappa shape index (κ1) is 25.2. The van der Waals surface area contributed by atoms with Gasteiger partial charge in [-0.05, 0) is 49.0 Å². The summed E-state index contributed by atoms with van der Waals surface area (Å²) >= 11 is 3.65. The Bertz CT molecular complexity index is 911. The molecule has 176 valence electrons. The molecule has 0 aromatic heterocycles. The van der Waals surface area contributed by atoms with E-state index in [1.165, 1.54) is 7.11 Å². The van der Waals surface area contributed by atoms with E-state index in [1.54, 1.807) is 6.08 Å². The van der Waals surface area contributed by atoms with Crippen LogP contribution in [0.5, 0.6) is 0 Å². The number of anilines is 1. The van der Waals surface area contributed by atoms with Gasteiger partial charge in [-0.3, -0.25) is 9.59 Å². The number of allylic oxidation sites excluding steroid dienone is 1. The number of fused-ring (bicyclic) bond motifs is 3. The lowest BCUT2D eigenvalue weighted by atomic mass is 9.65. The van der Waals surface area contributed by atoms with Crippen molar-refractivity contribution >= 4 is 41.8 Å². The van der Waals surface area contributed by atoms with E-state index in [4.69, 9.17) is 9.16 Å². The van der Waals surface area contributed by atoms with Gasteiger partial charge in [0.1, 0.15) is 5.41 Å². The molecule has 32 heavy (non-hydrogen) atoms. The fraction of sp³-hybridized carbons (Fsp3) is 0.600. The van der Waals surface area contributed by atoms with Crippen LogP contribution in [0.2, 0.25) is 18.1 Å². The van der Waals surface area contributed by atoms with Crippen molar-refractivity contribution in [2.24, 2.45) is 0 Å². The number of halogens is 1. The number of carbonyl (C=O) groups excluding carboxylic acids is 2. The van der Waals surface area contributed by atoms with Crippen molar-refractivity contribution in [2.75, 3.05) is 17.3 Å². The van der Waals surface area contributed by atoms with Gasteiger partial charge in [-0.15, -0.1) is 6.58 Å². The molecule has 0 saturated carbocycles. The molecule has 1 unspecified atom stereocenters. The molecule has 0 aliphatic carbocycles. The number of esters is 1. The van der Waals surface area contributed by atoms with Crippen molar-refractivity contribution in [3.63, 3.8) is 0 Å². The lowest BCUT2D eigenvalue weighted by Crippen LogP contribution is -2.69. The number of alkyl halides is 1. The number of methoxy groups -OCH3 is 1. The smallest absolute Gasteiger partial charge is 0.318 e. The molecule has 2 aliphatic heterocycles. The molecular weight excluding hydrogens is 486 g/mol. The predicted molar refractivity (Wildman–Crippen MR) is 135 cm³/mol. The summed E-state index contributed by atoms with van der Waals surface area (Å²) in [6, 6.07) is 7.23. The summed E-state index contributed by atoms with van der Waals surface area (Å²) in [5.74, 6) is -0.314. The van der Waals surface area contributed by atoms with Gasteiger partial charge >= 0.3 is 5.97 Å². The van der Waals surface area contributed by atoms with Crippen molar-refractivity contribution in [3.05, 3.63) is 42.5 Å². The van der Waals surface area contributed by atoms with Gasteiger partial charge in [0.2, 0.25) is 5.91 Å². The molecule has 0 bridgehead atoms. The van der Waals surface area contributed by atoms with Crippen LogP contribution in [-0.4, -0.2) is 44.3 Å². The van der Waals surface area contributed by atoms with E-state index < -0.39 is 25.4 Å². The molecule has 1 aromatic carbocycles. The second kappa shape index (κ2) is 8.73. The summed E-state index contributed by atoms with van der Waals surface area (Å²) in [5, 5.41) is 0.693. The van der Waals surface area contributed by atoms with E-state index in [9.17, 15) is 9.59 Å². The van der Waals surface area contributed by atoms with Crippen molar-refractivity contribution in [1.82, 2.24) is 0 Å². The Labute approximate surface area is 201 Å². The zero-order chi connectivity index (χ0) is 23.9. The van der Waals surface area contributed by atoms with Crippen LogP contribution in [0.25, 0.3) is 0 Å². The molecule has 1 amide bonds. The van der Waals surface area contributed by atoms with Gasteiger partial charge in [0, 0.05) is 17.4 Å². The van der Waals surface area contributed by atoms with Gasteiger partial charge in [-0.2, -0.15) is 0 Å². The summed E-state index contributed by atoms with van der Waals surface area (Å²) in [6.07, 6.45) is 3.79. The summed E-state index contributed by atoms with van der Waals surface area (Å²) < 4.78 is 12.7. The number of carbonyl (C=O) groups is 2. The standard InChI is InChI=1S/C25H36BrNO4Si/c1-8-14-25(22(29)30-5)18-11-9-10-12-19(18)27-20(28)13-15-24(16-17-26,21(25)27)31-32(6,7)23(2,3)4/h8-12,21H,1,13-17H2,2-7H3/t21?,24-,25+/m0/s1. The molecule has 5 nitrogen and oxygen atoms in total. The third-order valence-electron chi connectivity index (χ3n) is 7.70. The highest BCUT2D eigenvalue weighted by atomic mass is 79.9. The Morgan fingerprint density at radius 3 is 2.56 bits per heavy atom. The van der Waals surface area contributed by atoms with E-state index in [0.717, 1.165) is 11.3 Å². The van der Waals surface area contributed by atoms with E-state index >= 15 is 0 Å². The van der Waals surface area contributed by atoms with Crippen LogP contribution >= 0.6 is 15.9 Å². The second-order valence-electron chi connectivity index (χ2n) is 10.5. The minimum Gasteiger partial charge on any atom is -0.468 e. The molecule has 0 N–H and O–H groups in total. The Hall–Kier alpha value is -1.44. The molecule has 3 atom stereocenters. The Morgan fingerprint density at radius 1 is 1.34 bits per heavy atom. The minimum atomic E-state index is -2.25. The zero-order valence-electron chi connectivity index (χ0n) is 20.2. The maximum Gasteiger partial charge on any atom is 0.318 e. The van der Waals surface area contributed by atoms with E-state index in [1.807, 2.05) is 29.2 Å². The molecule has 0 spiro atoms. The van der Waals surface area contributed by atoms with Crippen LogP contribution in [0.3, 0.4) is 0 Å². The molecule has 1 saturated heterocycles. The molecule has 1 aromatic rings. The lowest BCUT2D eigenvalue weighted by molar-refractivity contribution is -0.153. The van der Waals surface area contributed by atoms with Crippen LogP contribution in [0.4, 0.5) is 5.69 Å². The van der Waals surface area contributed by atoms with Gasteiger partial charge in [-0.1, -0.05) is 61.0 Å². The number of piperidine rings is 1. The number of ether oxygens (including phenoxy) is 1. The quantitative estimate of drug-likeness (QED) is 0.199. The number of para-hydroxylation sites is 1. The Kier molecular flexibility index (Phi) is 6.87. The summed E-state index contributed by atoms with van der Waals surface area (Å²) in [7, 11) is -0.834. The summed E-state index contributed by atoms with van der Waals surface area (Å²) in [4.78, 5) is 28.9. The Morgan fingerprint density at radius 2 is 2.00 bits per heavy atom. The van der Waals surface area contributed by atoms with Crippen LogP contribution in [0.15, 0.2) is 36.9 Å². The number of amides is 1. The molecule has 1 fully saturated rings. The molecule has 2 heterocycles. The van der Waals surface area contributed by atoms with Crippen molar-refractivity contribution in [1.29, 1.82) is 0 Å². The number of rotatable bonds is 7. The van der Waals surface area contributed by atoms with E-state index in [-0.39, 0.29) is 16.9 Å². The van der Waals surface area contributed by atoms with Crippen LogP contribution in [0, 0.1) is 0 Å². The normalized spacial score (nSPS) is 27.7. The Balaban J connectivity index is 2.33. The number of hydrogen-bond donors (Lipinski definition) is 0. The summed E-state index contributed by atoms with van der Waals surface area (Å²) in [5.41, 5.74) is -0.137. The van der Waals surface area contributed by atoms with Crippen LogP contribution < -0.4 is 4.90 Å². The van der Waals surface area contributed by atoms with Gasteiger partial charge < -0.3 is 14.1 Å². The van der Waals surface area contributed by atoms with E-state index in [0.29, 0.717) is 31.0 Å². The second-order valence-corrected chi connectivity index (χ2v) is 16.0. The fourth-order valence-electron chi connectivity index (χ4n) is 5.28. The largest absolute Gasteiger partial charge is 0.468 e. The van der Waals surface area contributed by atoms with Gasteiger partial charge in [-0.25, -0.2) is 0 Å². The van der Waals surface area contributed by atoms with Gasteiger partial charge in [0.05, 0.1) is 18.8 Å². The topological polar surface area (TPSA) is 55.8 Å². The number of hydrogen-bond acceptors (Lipinski definition) is 4. The highest BCUT2D eigenvalue weighted by Gasteiger charge is 2.67. The molecule has 2 aliphatic rings. The first-order chi connectivity index (χ1) is 14.9. The van der Waals surface area contributed by atoms with Gasteiger partial charge in [0.15, 0.2) is 8.32 Å². The maximum atomic E-state index is 13.6. The summed E-state index contributed by atoms with van der Waals surface area (Å²) in [6.45, 7) is 15.1. The van der Waals surface area contributed by atoms with Crippen LogP contribution in [-0.2, 0) is 24.2 Å². The third kappa shape index (κ3) is 3.70. The average molecular weight is 523 g/mol. The lowest BCUT2D eigenvalue weighted by Gasteiger charge is -2.55. The van der Waals surface area contributed by atoms with Crippen LogP contribution in [0.1, 0.15) is 52.0 Å². The molecule has 0 radical (unpaired) electrons. The number of nitrogens with zero attached hydrogens (tertiary/aromatic N) is 1. The first-order valence-corrected chi connectivity index (χ1v) is 15.3. The first-order valence-electron chi connectivity index (χ1n) is 11.3. The van der Waals surface area contributed by atoms with Crippen molar-refractivity contribution in [2.45, 2.75) is 81.6 Å². The highest BCUT2D eigenvalue weighted by molar-refractivity contribution is 9.09. The number of benzene rings is 1. The van der Waals surface area contributed by atoms with Crippen molar-refractivity contribution in [3.8, 4) is 0 Å². The third-order valence-corrected chi connectivity index (χ3v) is 12.6. The fourth-order valence-corrected chi connectivity index (χ4v) is 7.59. The molecule has 7 heteroatoms. The zero-order valence-corrected chi connectivity index (χ0v) is 22.8. The average Bonchev–Trinajstić information content (AvgIpc) is 3.03. The monoisotopic (exact) mass is 521 g/mol. The molecular formula is C25H36BrNO4Si. The highest BCUT2D eigenvalue weighted by Crippen LogP contribution is 2.58. The maximum absolute atomic E-state index is 13.6. The SMILES string of the molecule is C=CC[C@@]1(C(=O)OC)c2ccccc2N2C(=O)CC[C@@](CCBr)(O[Si](C)(C)C(C)(C)C)C21. The molecule has 3 rings (SSSR count). The minimum absolute atomic E-state index is 0.0174. The predicted octanol–water partition coefficient (Wildman–Crippen LogP) is 5.73. The van der Waals surface area contributed by atoms with E-state index in [2.05, 4.69) is 56.4 Å². The van der Waals surface area contributed by atoms with Gasteiger partial charge in [0.25, 0.3) is 0 Å².